The van der Waals surface area contributed by atoms with E-state index in [1.807, 2.05) is 12.1 Å². The Morgan fingerprint density at radius 1 is 1.00 bits per heavy atom. The summed E-state index contributed by atoms with van der Waals surface area (Å²) in [5.41, 5.74) is 7.59. The van der Waals surface area contributed by atoms with Gasteiger partial charge in [-0.2, -0.15) is 0 Å². The van der Waals surface area contributed by atoms with Gasteiger partial charge in [0.05, 0.1) is 0 Å². The summed E-state index contributed by atoms with van der Waals surface area (Å²) in [5, 5.41) is 8.91. The normalized spacial score (nSPS) is 11.9. The number of hydrogen-bond acceptors (Lipinski definition) is 1. The molecule has 0 aromatic heterocycles. The van der Waals surface area contributed by atoms with E-state index in [1.54, 1.807) is 0 Å². The Bertz CT molecular complexity index is 627. The van der Waals surface area contributed by atoms with Gasteiger partial charge in [0.15, 0.2) is 0 Å². The molecule has 0 aliphatic rings. The van der Waals surface area contributed by atoms with Crippen LogP contribution in [0.3, 0.4) is 0 Å². The molecule has 0 heterocycles. The van der Waals surface area contributed by atoms with Crippen molar-refractivity contribution in [3.63, 3.8) is 0 Å². The molecular weight excluding hydrogens is 309 g/mol. The van der Waals surface area contributed by atoms with E-state index >= 15 is 0 Å². The Labute approximate surface area is 127 Å². The van der Waals surface area contributed by atoms with Crippen molar-refractivity contribution in [3.05, 3.63) is 69.8 Å². The number of rotatable bonds is 3. The van der Waals surface area contributed by atoms with Crippen molar-refractivity contribution in [3.8, 4) is 6.07 Å². The molecule has 0 amide bonds. The molecule has 102 valence electrons. The van der Waals surface area contributed by atoms with Crippen molar-refractivity contribution in [2.24, 2.45) is 0 Å². The van der Waals surface area contributed by atoms with Crippen molar-refractivity contribution >= 4 is 15.0 Å². The van der Waals surface area contributed by atoms with Crippen LogP contribution in [-0.2, 0) is 0 Å². The Kier molecular flexibility index (Phi) is 4.65. The van der Waals surface area contributed by atoms with Crippen LogP contribution in [-0.4, -0.2) is 15.0 Å². The molecule has 2 aromatic rings. The van der Waals surface area contributed by atoms with Crippen LogP contribution in [0.4, 0.5) is 0 Å². The molecule has 0 bridgehead atoms. The third-order valence-electron chi connectivity index (χ3n) is 3.58. The van der Waals surface area contributed by atoms with E-state index in [9.17, 15) is 0 Å². The zero-order valence-electron chi connectivity index (χ0n) is 12.4. The van der Waals surface area contributed by atoms with Gasteiger partial charge in [-0.25, -0.2) is 0 Å². The van der Waals surface area contributed by atoms with Crippen LogP contribution in [0.2, 0.25) is 5.82 Å². The molecule has 0 spiro atoms. The molecule has 0 saturated heterocycles. The van der Waals surface area contributed by atoms with Gasteiger partial charge in [-0.3, -0.25) is 0 Å². The van der Waals surface area contributed by atoms with Gasteiger partial charge >= 0.3 is 127 Å². The number of hydrogen-bond donors (Lipinski definition) is 0. The molecular formula is C18H19NSe. The Hall–Kier alpha value is -1.55. The van der Waals surface area contributed by atoms with Crippen LogP contribution in [0, 0.1) is 32.1 Å². The second kappa shape index (κ2) is 6.27. The SMILES string of the molecule is C[Se]C(c1ccc(C#N)cc1)c1c(C)cc(C)cc1C. The first-order chi connectivity index (χ1) is 9.56. The average Bonchev–Trinajstić information content (AvgIpc) is 2.43. The first kappa shape index (κ1) is 14.9. The standard InChI is InChI=1S/C18H19NSe/c1-12-9-13(2)17(14(3)10-12)18(20-4)16-7-5-15(11-19)6-8-16/h5-10,18H,1-4H3. The minimum atomic E-state index is 0.468. The van der Waals surface area contributed by atoms with E-state index < -0.39 is 0 Å². The fourth-order valence-electron chi connectivity index (χ4n) is 2.76. The zero-order valence-corrected chi connectivity index (χ0v) is 14.1. The molecule has 20 heavy (non-hydrogen) atoms. The zero-order chi connectivity index (χ0) is 14.7. The van der Waals surface area contributed by atoms with E-state index in [1.165, 1.54) is 27.8 Å². The van der Waals surface area contributed by atoms with Crippen LogP contribution in [0.15, 0.2) is 36.4 Å². The number of nitriles is 1. The van der Waals surface area contributed by atoms with E-state index in [4.69, 9.17) is 5.26 Å². The van der Waals surface area contributed by atoms with Gasteiger partial charge in [0.2, 0.25) is 0 Å². The third-order valence-corrected chi connectivity index (χ3v) is 5.63. The summed E-state index contributed by atoms with van der Waals surface area (Å²) in [6, 6.07) is 14.8. The van der Waals surface area contributed by atoms with Gasteiger partial charge in [0.1, 0.15) is 0 Å². The second-order valence-corrected chi connectivity index (χ2v) is 7.14. The Balaban J connectivity index is 2.50. The number of aryl methyl sites for hydroxylation is 3. The summed E-state index contributed by atoms with van der Waals surface area (Å²) >= 11 is 0.485. The molecule has 1 atom stereocenters. The Morgan fingerprint density at radius 2 is 1.55 bits per heavy atom. The number of nitrogens with zero attached hydrogens (tertiary/aromatic N) is 1. The van der Waals surface area contributed by atoms with Gasteiger partial charge in [-0.15, -0.1) is 0 Å². The van der Waals surface area contributed by atoms with Gasteiger partial charge < -0.3 is 0 Å². The molecule has 1 nitrogen and oxygen atoms in total. The topological polar surface area (TPSA) is 23.8 Å². The van der Waals surface area contributed by atoms with Crippen LogP contribution in [0.1, 0.15) is 38.2 Å². The van der Waals surface area contributed by atoms with Gasteiger partial charge in [0.25, 0.3) is 0 Å². The summed E-state index contributed by atoms with van der Waals surface area (Å²) in [6.07, 6.45) is 0. The van der Waals surface area contributed by atoms with E-state index in [0.29, 0.717) is 19.8 Å². The molecule has 0 saturated carbocycles. The van der Waals surface area contributed by atoms with E-state index in [2.05, 4.69) is 56.9 Å². The predicted octanol–water partition coefficient (Wildman–Crippen LogP) is 4.33. The van der Waals surface area contributed by atoms with Crippen LogP contribution in [0.25, 0.3) is 0 Å². The molecule has 0 aliphatic carbocycles. The minimum absolute atomic E-state index is 0.468. The predicted molar refractivity (Wildman–Crippen MR) is 85.3 cm³/mol. The summed E-state index contributed by atoms with van der Waals surface area (Å²) in [4.78, 5) is 0.468. The van der Waals surface area contributed by atoms with Gasteiger partial charge in [0, 0.05) is 0 Å². The van der Waals surface area contributed by atoms with Crippen LogP contribution in [0.5, 0.6) is 0 Å². The Morgan fingerprint density at radius 3 is 2.00 bits per heavy atom. The van der Waals surface area contributed by atoms with Crippen molar-refractivity contribution in [2.75, 3.05) is 0 Å². The second-order valence-electron chi connectivity index (χ2n) is 5.16. The van der Waals surface area contributed by atoms with Crippen LogP contribution >= 0.6 is 0 Å². The molecule has 0 aliphatic heterocycles. The first-order valence-corrected chi connectivity index (χ1v) is 9.37. The maximum atomic E-state index is 8.91. The van der Waals surface area contributed by atoms with Crippen molar-refractivity contribution < 1.29 is 0 Å². The molecule has 0 fully saturated rings. The summed E-state index contributed by atoms with van der Waals surface area (Å²) in [6.45, 7) is 6.56. The maximum absolute atomic E-state index is 8.91. The molecule has 0 N–H and O–H groups in total. The van der Waals surface area contributed by atoms with Crippen molar-refractivity contribution in [1.82, 2.24) is 0 Å². The molecule has 2 aromatic carbocycles. The van der Waals surface area contributed by atoms with Gasteiger partial charge in [-0.1, -0.05) is 0 Å². The summed E-state index contributed by atoms with van der Waals surface area (Å²) in [7, 11) is 0. The van der Waals surface area contributed by atoms with Crippen LogP contribution < -0.4 is 0 Å². The molecule has 2 heteroatoms. The third kappa shape index (κ3) is 2.96. The summed E-state index contributed by atoms with van der Waals surface area (Å²) < 4.78 is 0. The fraction of sp³-hybridized carbons (Fsp3) is 0.278. The quantitative estimate of drug-likeness (QED) is 0.770. The van der Waals surface area contributed by atoms with E-state index in [-0.39, 0.29) is 0 Å². The van der Waals surface area contributed by atoms with E-state index in [0.717, 1.165) is 5.56 Å². The molecule has 1 unspecified atom stereocenters. The average molecular weight is 328 g/mol. The van der Waals surface area contributed by atoms with Gasteiger partial charge in [-0.05, 0) is 0 Å². The van der Waals surface area contributed by atoms with Crippen molar-refractivity contribution in [1.29, 1.82) is 5.26 Å². The monoisotopic (exact) mass is 329 g/mol. The number of benzene rings is 2. The molecule has 0 radical (unpaired) electrons. The van der Waals surface area contributed by atoms with Crippen molar-refractivity contribution in [2.45, 2.75) is 31.4 Å². The molecule has 2 rings (SSSR count). The summed E-state index contributed by atoms with van der Waals surface area (Å²) in [5.74, 6) is 2.29. The first-order valence-electron chi connectivity index (χ1n) is 6.67. The fourth-order valence-corrected chi connectivity index (χ4v) is 4.93.